The molecule has 0 aromatic rings. The van der Waals surface area contributed by atoms with Crippen molar-refractivity contribution in [2.75, 3.05) is 13.6 Å². The predicted octanol–water partition coefficient (Wildman–Crippen LogP) is 1.35. The summed E-state index contributed by atoms with van der Waals surface area (Å²) in [4.78, 5) is 0. The molecule has 0 aliphatic carbocycles. The molecule has 1 N–H and O–H groups in total. The third-order valence-corrected chi connectivity index (χ3v) is 1.01. The first-order valence-corrected chi connectivity index (χ1v) is 2.65. The SMILES string of the molecule is CNCC(C)=CCl. The second kappa shape index (κ2) is 4.16. The van der Waals surface area contributed by atoms with Gasteiger partial charge in [0.2, 0.25) is 0 Å². The zero-order chi connectivity index (χ0) is 5.70. The molecule has 0 unspecified atom stereocenters. The summed E-state index contributed by atoms with van der Waals surface area (Å²) >= 11 is 5.33. The van der Waals surface area contributed by atoms with Gasteiger partial charge in [-0.15, -0.1) is 0 Å². The van der Waals surface area contributed by atoms with E-state index in [2.05, 4.69) is 5.32 Å². The van der Waals surface area contributed by atoms with Crippen molar-refractivity contribution in [1.29, 1.82) is 0 Å². The molecule has 0 atom stereocenters. The molecule has 0 amide bonds. The highest BCUT2D eigenvalue weighted by atomic mass is 35.5. The molecule has 0 aromatic heterocycles. The zero-order valence-corrected chi connectivity index (χ0v) is 5.42. The molecule has 42 valence electrons. The zero-order valence-electron chi connectivity index (χ0n) is 4.66. The third-order valence-electron chi connectivity index (χ3n) is 0.642. The van der Waals surface area contributed by atoms with Crippen LogP contribution in [0.1, 0.15) is 6.92 Å². The van der Waals surface area contributed by atoms with Gasteiger partial charge in [0, 0.05) is 12.1 Å². The molecule has 0 aromatic carbocycles. The third kappa shape index (κ3) is 3.83. The molecule has 1 nitrogen and oxygen atoms in total. The molecule has 0 radical (unpaired) electrons. The van der Waals surface area contributed by atoms with Gasteiger partial charge in [-0.1, -0.05) is 11.6 Å². The van der Waals surface area contributed by atoms with Crippen molar-refractivity contribution in [1.82, 2.24) is 5.32 Å². The number of hydrogen-bond acceptors (Lipinski definition) is 1. The number of hydrogen-bond donors (Lipinski definition) is 1. The van der Waals surface area contributed by atoms with Crippen LogP contribution in [0.15, 0.2) is 11.1 Å². The van der Waals surface area contributed by atoms with E-state index in [9.17, 15) is 0 Å². The Bertz CT molecular complexity index is 68.5. The van der Waals surface area contributed by atoms with Crippen LogP contribution in [0.4, 0.5) is 0 Å². The van der Waals surface area contributed by atoms with Crippen molar-refractivity contribution >= 4 is 11.6 Å². The monoisotopic (exact) mass is 119 g/mol. The van der Waals surface area contributed by atoms with Crippen LogP contribution in [0.25, 0.3) is 0 Å². The average Bonchev–Trinajstić information content (AvgIpc) is 1.68. The Morgan fingerprint density at radius 1 is 1.86 bits per heavy atom. The maximum absolute atomic E-state index is 5.33. The fourth-order valence-electron chi connectivity index (χ4n) is 0.317. The van der Waals surface area contributed by atoms with Crippen molar-refractivity contribution < 1.29 is 0 Å². The minimum absolute atomic E-state index is 0.878. The van der Waals surface area contributed by atoms with Crippen LogP contribution in [0.3, 0.4) is 0 Å². The molecule has 0 rings (SSSR count). The van der Waals surface area contributed by atoms with Gasteiger partial charge in [0.1, 0.15) is 0 Å². The van der Waals surface area contributed by atoms with E-state index < -0.39 is 0 Å². The highest BCUT2D eigenvalue weighted by Crippen LogP contribution is 1.90. The standard InChI is InChI=1S/C5H10ClN/c1-5(3-6)4-7-2/h3,7H,4H2,1-2H3. The molecule has 0 aliphatic heterocycles. The molecule has 0 spiro atoms. The van der Waals surface area contributed by atoms with E-state index in [1.165, 1.54) is 0 Å². The molecule has 2 heteroatoms. The molecule has 0 saturated heterocycles. The first kappa shape index (κ1) is 6.99. The van der Waals surface area contributed by atoms with Crippen molar-refractivity contribution in [3.8, 4) is 0 Å². The minimum Gasteiger partial charge on any atom is -0.316 e. The van der Waals surface area contributed by atoms with Crippen LogP contribution in [0.2, 0.25) is 0 Å². The Hall–Kier alpha value is -0.0100. The summed E-state index contributed by atoms with van der Waals surface area (Å²) in [6, 6.07) is 0. The smallest absolute Gasteiger partial charge is 0.0170 e. The summed E-state index contributed by atoms with van der Waals surface area (Å²) in [5, 5.41) is 2.97. The fourth-order valence-corrected chi connectivity index (χ4v) is 0.395. The summed E-state index contributed by atoms with van der Waals surface area (Å²) in [6.45, 7) is 2.85. The average molecular weight is 120 g/mol. The van der Waals surface area contributed by atoms with Crippen LogP contribution in [0, 0.1) is 0 Å². The molecule has 0 bridgehead atoms. The lowest BCUT2D eigenvalue weighted by atomic mass is 10.4. The van der Waals surface area contributed by atoms with E-state index >= 15 is 0 Å². The van der Waals surface area contributed by atoms with Crippen LogP contribution in [-0.2, 0) is 0 Å². The quantitative estimate of drug-likeness (QED) is 0.579. The van der Waals surface area contributed by atoms with Crippen LogP contribution >= 0.6 is 11.6 Å². The van der Waals surface area contributed by atoms with Gasteiger partial charge in [-0.3, -0.25) is 0 Å². The summed E-state index contributed by atoms with van der Waals surface area (Å²) < 4.78 is 0. The van der Waals surface area contributed by atoms with Gasteiger partial charge < -0.3 is 5.32 Å². The molecule has 0 aliphatic rings. The van der Waals surface area contributed by atoms with Crippen LogP contribution in [-0.4, -0.2) is 13.6 Å². The lowest BCUT2D eigenvalue weighted by Gasteiger charge is -1.92. The predicted molar refractivity (Wildman–Crippen MR) is 33.5 cm³/mol. The maximum Gasteiger partial charge on any atom is 0.0170 e. The van der Waals surface area contributed by atoms with Crippen molar-refractivity contribution in [2.24, 2.45) is 0 Å². The van der Waals surface area contributed by atoms with E-state index in [0.717, 1.165) is 12.1 Å². The lowest BCUT2D eigenvalue weighted by molar-refractivity contribution is 0.882. The maximum atomic E-state index is 5.33. The highest BCUT2D eigenvalue weighted by molar-refractivity contribution is 6.25. The van der Waals surface area contributed by atoms with Crippen molar-refractivity contribution in [3.63, 3.8) is 0 Å². The van der Waals surface area contributed by atoms with Gasteiger partial charge in [-0.05, 0) is 19.5 Å². The summed E-state index contributed by atoms with van der Waals surface area (Å²) in [5.74, 6) is 0. The van der Waals surface area contributed by atoms with E-state index in [4.69, 9.17) is 11.6 Å². The van der Waals surface area contributed by atoms with E-state index in [1.54, 1.807) is 5.54 Å². The Balaban J connectivity index is 3.17. The second-order valence-corrected chi connectivity index (χ2v) is 1.70. The molecule has 0 fully saturated rings. The fraction of sp³-hybridized carbons (Fsp3) is 0.600. The normalized spacial score (nSPS) is 12.1. The van der Waals surface area contributed by atoms with Crippen molar-refractivity contribution in [3.05, 3.63) is 11.1 Å². The van der Waals surface area contributed by atoms with E-state index in [0.29, 0.717) is 0 Å². The Labute approximate surface area is 49.4 Å². The van der Waals surface area contributed by atoms with E-state index in [1.807, 2.05) is 14.0 Å². The molecule has 0 heterocycles. The van der Waals surface area contributed by atoms with Gasteiger partial charge in [0.25, 0.3) is 0 Å². The number of nitrogens with one attached hydrogen (secondary N) is 1. The Morgan fingerprint density at radius 3 is 2.57 bits per heavy atom. The van der Waals surface area contributed by atoms with Crippen molar-refractivity contribution in [2.45, 2.75) is 6.92 Å². The number of rotatable bonds is 2. The van der Waals surface area contributed by atoms with Crippen LogP contribution in [0.5, 0.6) is 0 Å². The highest BCUT2D eigenvalue weighted by Gasteiger charge is 1.79. The van der Waals surface area contributed by atoms with Gasteiger partial charge in [0.05, 0.1) is 0 Å². The minimum atomic E-state index is 0.878. The lowest BCUT2D eigenvalue weighted by Crippen LogP contribution is -2.07. The van der Waals surface area contributed by atoms with Gasteiger partial charge >= 0.3 is 0 Å². The summed E-state index contributed by atoms with van der Waals surface area (Å²) in [6.07, 6.45) is 0. The van der Waals surface area contributed by atoms with Crippen LogP contribution < -0.4 is 5.32 Å². The topological polar surface area (TPSA) is 12.0 Å². The van der Waals surface area contributed by atoms with E-state index in [-0.39, 0.29) is 0 Å². The first-order valence-electron chi connectivity index (χ1n) is 2.21. The molecular weight excluding hydrogens is 110 g/mol. The molecule has 7 heavy (non-hydrogen) atoms. The second-order valence-electron chi connectivity index (χ2n) is 1.49. The number of halogens is 1. The summed E-state index contributed by atoms with van der Waals surface area (Å²) in [7, 11) is 1.89. The van der Waals surface area contributed by atoms with Gasteiger partial charge in [-0.25, -0.2) is 0 Å². The van der Waals surface area contributed by atoms with Gasteiger partial charge in [-0.2, -0.15) is 0 Å². The largest absolute Gasteiger partial charge is 0.316 e. The number of likely N-dealkylation sites (N-methyl/N-ethyl adjacent to an activating group) is 1. The Kier molecular flexibility index (Phi) is 4.15. The Morgan fingerprint density at radius 2 is 2.43 bits per heavy atom. The van der Waals surface area contributed by atoms with Gasteiger partial charge in [0.15, 0.2) is 0 Å². The first-order chi connectivity index (χ1) is 3.31. The molecule has 0 saturated carbocycles. The summed E-state index contributed by atoms with van der Waals surface area (Å²) in [5.41, 5.74) is 2.74. The molecular formula is C5H10ClN.